The predicted molar refractivity (Wildman–Crippen MR) is 51.4 cm³/mol. The third-order valence-corrected chi connectivity index (χ3v) is 29.0. The number of rotatable bonds is 2. The Kier molecular flexibility index (Phi) is 3.50. The van der Waals surface area contributed by atoms with Gasteiger partial charge in [0, 0.05) is 0 Å². The number of hydrogen-bond acceptors (Lipinski definition) is 0. The van der Waals surface area contributed by atoms with Crippen LogP contribution in [0.4, 0.5) is 3.50 Å². The van der Waals surface area contributed by atoms with Gasteiger partial charge in [0.15, 0.2) is 0 Å². The standard InChI is InChI=1S/C7H19FGe2/c1-7(9(2,3)4)10(5,6)8/h7H,1-6H3/t7-/m0/s1. The zero-order valence-corrected chi connectivity index (χ0v) is 12.2. The summed E-state index contributed by atoms with van der Waals surface area (Å²) in [5.41, 5.74) is 0. The molecule has 0 saturated carbocycles. The first-order chi connectivity index (χ1) is 4.15. The molecule has 0 aliphatic rings. The Bertz CT molecular complexity index is 95.8. The fourth-order valence-electron chi connectivity index (χ4n) is 1.03. The van der Waals surface area contributed by atoms with Crippen molar-refractivity contribution in [1.82, 2.24) is 0 Å². The zero-order chi connectivity index (χ0) is 8.58. The molecule has 0 nitrogen and oxygen atoms in total. The molecular formula is C7H19FGe2. The molecule has 0 aliphatic heterocycles. The van der Waals surface area contributed by atoms with Crippen LogP contribution in [0, 0.1) is 0 Å². The minimum absolute atomic E-state index is 0.472. The molecule has 0 heterocycles. The molecule has 62 valence electrons. The van der Waals surface area contributed by atoms with Gasteiger partial charge in [0.2, 0.25) is 0 Å². The van der Waals surface area contributed by atoms with Crippen LogP contribution in [0.25, 0.3) is 0 Å². The maximum absolute atomic E-state index is 13.5. The van der Waals surface area contributed by atoms with Crippen LogP contribution < -0.4 is 0 Å². The normalized spacial score (nSPS) is 17.1. The summed E-state index contributed by atoms with van der Waals surface area (Å²) in [4.78, 5) is 0. The van der Waals surface area contributed by atoms with Gasteiger partial charge in [-0.3, -0.25) is 0 Å². The van der Waals surface area contributed by atoms with Crippen molar-refractivity contribution in [2.45, 2.75) is 39.3 Å². The van der Waals surface area contributed by atoms with Gasteiger partial charge in [-0.25, -0.2) is 0 Å². The molecule has 0 fully saturated rings. The first kappa shape index (κ1) is 11.0. The van der Waals surface area contributed by atoms with E-state index in [9.17, 15) is 3.50 Å². The second-order valence-corrected chi connectivity index (χ2v) is 27.3. The summed E-state index contributed by atoms with van der Waals surface area (Å²) < 4.78 is 14.0. The van der Waals surface area contributed by atoms with Crippen molar-refractivity contribution in [3.63, 3.8) is 0 Å². The Hall–Kier alpha value is 1.02. The van der Waals surface area contributed by atoms with Crippen molar-refractivity contribution >= 4 is 27.0 Å². The van der Waals surface area contributed by atoms with E-state index in [1.165, 1.54) is 0 Å². The van der Waals surface area contributed by atoms with Crippen molar-refractivity contribution in [3.8, 4) is 0 Å². The minimum atomic E-state index is -2.78. The molecule has 0 amide bonds. The third-order valence-electron chi connectivity index (χ3n) is 2.33. The topological polar surface area (TPSA) is 0 Å². The second-order valence-electron chi connectivity index (χ2n) is 4.65. The van der Waals surface area contributed by atoms with E-state index in [1.807, 2.05) is 11.5 Å². The van der Waals surface area contributed by atoms with Crippen molar-refractivity contribution in [2.24, 2.45) is 0 Å². The van der Waals surface area contributed by atoms with E-state index in [0.717, 1.165) is 0 Å². The molecule has 0 unspecified atom stereocenters. The summed E-state index contributed by atoms with van der Waals surface area (Å²) in [6.45, 7) is 2.12. The maximum atomic E-state index is 13.5. The quantitative estimate of drug-likeness (QED) is 0.673. The summed E-state index contributed by atoms with van der Waals surface area (Å²) in [7, 11) is 0. The molecule has 3 heteroatoms. The van der Waals surface area contributed by atoms with Gasteiger partial charge in [-0.1, -0.05) is 0 Å². The monoisotopic (exact) mass is 270 g/mol. The number of halogens is 1. The Morgan fingerprint density at radius 2 is 1.30 bits per heavy atom. The van der Waals surface area contributed by atoms with Gasteiger partial charge < -0.3 is 0 Å². The average Bonchev–Trinajstić information content (AvgIpc) is 1.59. The first-order valence-corrected chi connectivity index (χ1v) is 17.5. The molecule has 0 aliphatic carbocycles. The van der Waals surface area contributed by atoms with Gasteiger partial charge >= 0.3 is 69.8 Å². The molecule has 0 bridgehead atoms. The zero-order valence-electron chi connectivity index (χ0n) is 7.96. The second kappa shape index (κ2) is 3.17. The van der Waals surface area contributed by atoms with Crippen LogP contribution in [0.2, 0.25) is 32.4 Å². The van der Waals surface area contributed by atoms with Gasteiger partial charge in [0.25, 0.3) is 0 Å². The van der Waals surface area contributed by atoms with Gasteiger partial charge in [-0.2, -0.15) is 0 Å². The molecule has 0 radical (unpaired) electrons. The SMILES string of the molecule is C[C@@H]([Ge]([CH3])([CH3])[CH3])[Ge]([CH3])([CH3])[F]. The van der Waals surface area contributed by atoms with E-state index < -0.39 is 27.0 Å². The number of hydrogen-bond donors (Lipinski definition) is 0. The van der Waals surface area contributed by atoms with E-state index in [2.05, 4.69) is 24.2 Å². The van der Waals surface area contributed by atoms with E-state index in [0.29, 0.717) is 3.58 Å². The van der Waals surface area contributed by atoms with Crippen molar-refractivity contribution in [1.29, 1.82) is 0 Å². The molecule has 1 atom stereocenters. The molecule has 0 aromatic heterocycles. The van der Waals surface area contributed by atoms with Crippen molar-refractivity contribution < 1.29 is 3.50 Å². The predicted octanol–water partition coefficient (Wildman–Crippen LogP) is 3.43. The summed E-state index contributed by atoms with van der Waals surface area (Å²) >= 11 is -4.44. The van der Waals surface area contributed by atoms with Gasteiger partial charge in [-0.15, -0.1) is 0 Å². The summed E-state index contributed by atoms with van der Waals surface area (Å²) in [5, 5.41) is 0. The Balaban J connectivity index is 4.23. The summed E-state index contributed by atoms with van der Waals surface area (Å²) in [6.07, 6.45) is 0. The Morgan fingerprint density at radius 1 is 1.00 bits per heavy atom. The fourth-order valence-corrected chi connectivity index (χ4v) is 27.8. The average molecular weight is 267 g/mol. The van der Waals surface area contributed by atoms with Crippen LogP contribution in [0.15, 0.2) is 0 Å². The fraction of sp³-hybridized carbons (Fsp3) is 1.00. The van der Waals surface area contributed by atoms with E-state index in [4.69, 9.17) is 0 Å². The summed E-state index contributed by atoms with van der Waals surface area (Å²) in [5.74, 6) is 10.7. The molecule has 0 rings (SSSR count). The van der Waals surface area contributed by atoms with Crippen LogP contribution in [-0.4, -0.2) is 27.0 Å². The molecule has 0 aromatic carbocycles. The molecule has 0 spiro atoms. The van der Waals surface area contributed by atoms with Crippen LogP contribution in [0.5, 0.6) is 0 Å². The first-order valence-electron chi connectivity index (χ1n) is 3.84. The van der Waals surface area contributed by atoms with Crippen molar-refractivity contribution in [2.75, 3.05) is 0 Å². The molecule has 0 N–H and O–H groups in total. The van der Waals surface area contributed by atoms with E-state index >= 15 is 0 Å². The van der Waals surface area contributed by atoms with Crippen LogP contribution in [-0.2, 0) is 0 Å². The van der Waals surface area contributed by atoms with Gasteiger partial charge in [-0.05, 0) is 0 Å². The van der Waals surface area contributed by atoms with Crippen LogP contribution in [0.1, 0.15) is 6.92 Å². The van der Waals surface area contributed by atoms with Gasteiger partial charge in [0.1, 0.15) is 0 Å². The Morgan fingerprint density at radius 3 is 1.30 bits per heavy atom. The summed E-state index contributed by atoms with van der Waals surface area (Å²) in [6, 6.07) is 0. The van der Waals surface area contributed by atoms with Crippen molar-refractivity contribution in [3.05, 3.63) is 0 Å². The molecule has 10 heavy (non-hydrogen) atoms. The molecule has 0 saturated heterocycles. The van der Waals surface area contributed by atoms with E-state index in [1.54, 1.807) is 0 Å². The Labute approximate surface area is 69.8 Å². The van der Waals surface area contributed by atoms with E-state index in [-0.39, 0.29) is 0 Å². The molecule has 0 aromatic rings. The van der Waals surface area contributed by atoms with Crippen LogP contribution in [0.3, 0.4) is 0 Å². The van der Waals surface area contributed by atoms with Crippen LogP contribution >= 0.6 is 0 Å². The third kappa shape index (κ3) is 3.42. The molecular weight excluding hydrogens is 248 g/mol. The van der Waals surface area contributed by atoms with Gasteiger partial charge in [0.05, 0.1) is 0 Å².